The number of hydrogen-bond donors (Lipinski definition) is 1. The topological polar surface area (TPSA) is 12.0 Å². The Labute approximate surface area is 112 Å². The zero-order chi connectivity index (χ0) is 13.1. The van der Waals surface area contributed by atoms with Crippen molar-refractivity contribution in [2.45, 2.75) is 59.0 Å². The number of benzene rings is 1. The van der Waals surface area contributed by atoms with E-state index in [1.54, 1.807) is 0 Å². The van der Waals surface area contributed by atoms with Crippen molar-refractivity contribution < 1.29 is 0 Å². The van der Waals surface area contributed by atoms with E-state index in [0.29, 0.717) is 12.1 Å². The molecule has 1 N–H and O–H groups in total. The zero-order valence-corrected chi connectivity index (χ0v) is 12.2. The summed E-state index contributed by atoms with van der Waals surface area (Å²) < 4.78 is 0. The van der Waals surface area contributed by atoms with Crippen LogP contribution < -0.4 is 5.32 Å². The summed E-state index contributed by atoms with van der Waals surface area (Å²) in [5, 5.41) is 3.86. The van der Waals surface area contributed by atoms with Crippen LogP contribution in [-0.4, -0.2) is 6.04 Å². The monoisotopic (exact) mass is 245 g/mol. The molecule has 0 aromatic heterocycles. The molecule has 100 valence electrons. The molecule has 1 heteroatoms. The second-order valence-corrected chi connectivity index (χ2v) is 6.12. The van der Waals surface area contributed by atoms with Gasteiger partial charge in [0.15, 0.2) is 0 Å². The zero-order valence-electron chi connectivity index (χ0n) is 12.2. The molecule has 4 atom stereocenters. The van der Waals surface area contributed by atoms with Crippen LogP contribution in [0.5, 0.6) is 0 Å². The molecule has 0 saturated heterocycles. The highest BCUT2D eigenvalue weighted by molar-refractivity contribution is 5.28. The lowest BCUT2D eigenvalue weighted by Gasteiger charge is -2.36. The van der Waals surface area contributed by atoms with Crippen LogP contribution in [0.15, 0.2) is 24.3 Å². The van der Waals surface area contributed by atoms with Crippen LogP contribution in [0.2, 0.25) is 0 Å². The van der Waals surface area contributed by atoms with E-state index in [2.05, 4.69) is 57.3 Å². The van der Waals surface area contributed by atoms with Crippen LogP contribution in [0.1, 0.15) is 57.2 Å². The van der Waals surface area contributed by atoms with E-state index in [1.165, 1.54) is 30.4 Å². The Kier molecular flexibility index (Phi) is 4.45. The van der Waals surface area contributed by atoms with Gasteiger partial charge in [0.05, 0.1) is 0 Å². The molecular formula is C17H27N. The Morgan fingerprint density at radius 1 is 1.17 bits per heavy atom. The quantitative estimate of drug-likeness (QED) is 0.828. The Bertz CT molecular complexity index is 385. The molecule has 1 fully saturated rings. The second kappa shape index (κ2) is 5.88. The summed E-state index contributed by atoms with van der Waals surface area (Å²) in [6, 6.07) is 9.88. The highest BCUT2D eigenvalue weighted by Crippen LogP contribution is 2.31. The van der Waals surface area contributed by atoms with Crippen molar-refractivity contribution in [3.63, 3.8) is 0 Å². The largest absolute Gasteiger partial charge is 0.307 e. The minimum Gasteiger partial charge on any atom is -0.307 e. The molecule has 1 nitrogen and oxygen atoms in total. The third-order valence-corrected chi connectivity index (χ3v) is 4.83. The van der Waals surface area contributed by atoms with Crippen molar-refractivity contribution in [1.82, 2.24) is 5.32 Å². The molecule has 0 amide bonds. The summed E-state index contributed by atoms with van der Waals surface area (Å²) in [5.41, 5.74) is 2.84. The summed E-state index contributed by atoms with van der Waals surface area (Å²) in [4.78, 5) is 0. The van der Waals surface area contributed by atoms with Gasteiger partial charge in [0, 0.05) is 12.1 Å². The van der Waals surface area contributed by atoms with E-state index in [4.69, 9.17) is 0 Å². The van der Waals surface area contributed by atoms with Gasteiger partial charge >= 0.3 is 0 Å². The maximum atomic E-state index is 3.86. The smallest absolute Gasteiger partial charge is 0.0297 e. The van der Waals surface area contributed by atoms with Crippen LogP contribution in [0.4, 0.5) is 0 Å². The fraction of sp³-hybridized carbons (Fsp3) is 0.647. The molecule has 1 saturated carbocycles. The van der Waals surface area contributed by atoms with Gasteiger partial charge in [0.1, 0.15) is 0 Å². The summed E-state index contributed by atoms with van der Waals surface area (Å²) in [6.45, 7) is 9.32. The normalized spacial score (nSPS) is 30.1. The van der Waals surface area contributed by atoms with Crippen molar-refractivity contribution in [1.29, 1.82) is 0 Å². The average molecular weight is 245 g/mol. The molecule has 0 aliphatic heterocycles. The van der Waals surface area contributed by atoms with Crippen LogP contribution in [0, 0.1) is 18.8 Å². The number of aryl methyl sites for hydroxylation is 1. The van der Waals surface area contributed by atoms with Crippen LogP contribution in [0.25, 0.3) is 0 Å². The lowest BCUT2D eigenvalue weighted by atomic mass is 9.77. The lowest BCUT2D eigenvalue weighted by molar-refractivity contribution is 0.196. The summed E-state index contributed by atoms with van der Waals surface area (Å²) in [6.07, 6.45) is 4.11. The summed E-state index contributed by atoms with van der Waals surface area (Å²) >= 11 is 0. The summed E-state index contributed by atoms with van der Waals surface area (Å²) in [7, 11) is 0. The minimum atomic E-state index is 0.462. The van der Waals surface area contributed by atoms with Crippen molar-refractivity contribution in [2.24, 2.45) is 11.8 Å². The Morgan fingerprint density at radius 2 is 1.89 bits per heavy atom. The standard InChI is InChI=1S/C17H27N/c1-12-9-7-11-17(14(12)3)18-15(4)16-10-6-5-8-13(16)2/h5-6,8,10,12,14-15,17-18H,7,9,11H2,1-4H3/t12?,14?,15-,17?/m1/s1. The molecule has 18 heavy (non-hydrogen) atoms. The first-order valence-electron chi connectivity index (χ1n) is 7.41. The van der Waals surface area contributed by atoms with Crippen molar-refractivity contribution in [3.8, 4) is 0 Å². The number of rotatable bonds is 3. The van der Waals surface area contributed by atoms with Gasteiger partial charge in [-0.05, 0) is 43.2 Å². The molecule has 3 unspecified atom stereocenters. The van der Waals surface area contributed by atoms with E-state index in [0.717, 1.165) is 11.8 Å². The molecule has 0 spiro atoms. The van der Waals surface area contributed by atoms with Crippen LogP contribution in [-0.2, 0) is 0 Å². The van der Waals surface area contributed by atoms with Gasteiger partial charge in [-0.3, -0.25) is 0 Å². The molecule has 0 bridgehead atoms. The van der Waals surface area contributed by atoms with Crippen molar-refractivity contribution >= 4 is 0 Å². The van der Waals surface area contributed by atoms with Crippen LogP contribution in [0.3, 0.4) is 0 Å². The molecule has 1 aliphatic carbocycles. The van der Waals surface area contributed by atoms with Gasteiger partial charge in [-0.25, -0.2) is 0 Å². The third-order valence-electron chi connectivity index (χ3n) is 4.83. The van der Waals surface area contributed by atoms with Crippen LogP contribution >= 0.6 is 0 Å². The first kappa shape index (κ1) is 13.6. The fourth-order valence-corrected chi connectivity index (χ4v) is 3.30. The Hall–Kier alpha value is -0.820. The maximum Gasteiger partial charge on any atom is 0.0297 e. The van der Waals surface area contributed by atoms with Crippen molar-refractivity contribution in [2.75, 3.05) is 0 Å². The summed E-state index contributed by atoms with van der Waals surface area (Å²) in [5.74, 6) is 1.66. The van der Waals surface area contributed by atoms with Gasteiger partial charge < -0.3 is 5.32 Å². The van der Waals surface area contributed by atoms with E-state index in [1.807, 2.05) is 0 Å². The maximum absolute atomic E-state index is 3.86. The predicted molar refractivity (Wildman–Crippen MR) is 78.7 cm³/mol. The minimum absolute atomic E-state index is 0.462. The first-order chi connectivity index (χ1) is 8.59. The highest BCUT2D eigenvalue weighted by Gasteiger charge is 2.28. The number of nitrogens with one attached hydrogen (secondary N) is 1. The molecule has 0 heterocycles. The molecule has 0 radical (unpaired) electrons. The first-order valence-corrected chi connectivity index (χ1v) is 7.41. The van der Waals surface area contributed by atoms with Crippen molar-refractivity contribution in [3.05, 3.63) is 35.4 Å². The van der Waals surface area contributed by atoms with E-state index in [9.17, 15) is 0 Å². The van der Waals surface area contributed by atoms with Gasteiger partial charge in [-0.2, -0.15) is 0 Å². The average Bonchev–Trinajstić information content (AvgIpc) is 2.35. The van der Waals surface area contributed by atoms with Gasteiger partial charge in [-0.15, -0.1) is 0 Å². The van der Waals surface area contributed by atoms with E-state index in [-0.39, 0.29) is 0 Å². The molecule has 1 aliphatic rings. The molecular weight excluding hydrogens is 218 g/mol. The van der Waals surface area contributed by atoms with Gasteiger partial charge in [-0.1, -0.05) is 51.0 Å². The number of hydrogen-bond acceptors (Lipinski definition) is 1. The Balaban J connectivity index is 2.03. The fourth-order valence-electron chi connectivity index (χ4n) is 3.30. The molecule has 2 rings (SSSR count). The van der Waals surface area contributed by atoms with E-state index < -0.39 is 0 Å². The highest BCUT2D eigenvalue weighted by atomic mass is 15.0. The lowest BCUT2D eigenvalue weighted by Crippen LogP contribution is -2.41. The van der Waals surface area contributed by atoms with Gasteiger partial charge in [0.25, 0.3) is 0 Å². The predicted octanol–water partition coefficient (Wildman–Crippen LogP) is 4.47. The molecule has 1 aromatic carbocycles. The molecule has 1 aromatic rings. The third kappa shape index (κ3) is 2.95. The van der Waals surface area contributed by atoms with E-state index >= 15 is 0 Å². The second-order valence-electron chi connectivity index (χ2n) is 6.12. The Morgan fingerprint density at radius 3 is 2.61 bits per heavy atom. The van der Waals surface area contributed by atoms with Gasteiger partial charge in [0.2, 0.25) is 0 Å². The SMILES string of the molecule is Cc1ccccc1[C@@H](C)NC1CCCC(C)C1C.